The molecule has 0 saturated heterocycles. The van der Waals surface area contributed by atoms with Crippen LogP contribution in [-0.4, -0.2) is 5.11 Å². The Labute approximate surface area is 130 Å². The van der Waals surface area contributed by atoms with E-state index in [1.165, 1.54) is 23.5 Å². The zero-order valence-electron chi connectivity index (χ0n) is 11.8. The molecule has 0 radical (unpaired) electrons. The molecule has 2 aromatic rings. The molecule has 1 aromatic heterocycles. The molecule has 20 heavy (non-hydrogen) atoms. The molecule has 0 bridgehead atoms. The third-order valence-corrected chi connectivity index (χ3v) is 4.99. The standard InChI is InChI=1S/C15H16BrFO2S/c1-8-5-10(17)6-9(2)13(8)19-11-7-12(15(3,4)18)20-14(11)16/h5-7,18H,1-4H3. The minimum Gasteiger partial charge on any atom is -0.455 e. The highest BCUT2D eigenvalue weighted by Crippen LogP contribution is 2.42. The van der Waals surface area contributed by atoms with Gasteiger partial charge in [-0.1, -0.05) is 0 Å². The smallest absolute Gasteiger partial charge is 0.152 e. The highest BCUT2D eigenvalue weighted by Gasteiger charge is 2.22. The largest absolute Gasteiger partial charge is 0.455 e. The zero-order chi connectivity index (χ0) is 15.1. The molecule has 2 rings (SSSR count). The van der Waals surface area contributed by atoms with Crippen molar-refractivity contribution in [1.82, 2.24) is 0 Å². The van der Waals surface area contributed by atoms with Crippen molar-refractivity contribution in [3.63, 3.8) is 0 Å². The number of benzene rings is 1. The number of aliphatic hydroxyl groups is 1. The second-order valence-corrected chi connectivity index (χ2v) is 7.65. The number of ether oxygens (including phenoxy) is 1. The molecule has 5 heteroatoms. The van der Waals surface area contributed by atoms with Crippen molar-refractivity contribution in [2.75, 3.05) is 0 Å². The fourth-order valence-corrected chi connectivity index (χ4v) is 3.42. The van der Waals surface area contributed by atoms with E-state index in [4.69, 9.17) is 4.74 Å². The number of thiophene rings is 1. The van der Waals surface area contributed by atoms with E-state index in [2.05, 4.69) is 15.9 Å². The van der Waals surface area contributed by atoms with E-state index in [9.17, 15) is 9.50 Å². The summed E-state index contributed by atoms with van der Waals surface area (Å²) in [5.74, 6) is 1.01. The molecule has 2 nitrogen and oxygen atoms in total. The molecule has 0 fully saturated rings. The topological polar surface area (TPSA) is 29.5 Å². The monoisotopic (exact) mass is 358 g/mol. The van der Waals surface area contributed by atoms with Crippen molar-refractivity contribution in [1.29, 1.82) is 0 Å². The third-order valence-electron chi connectivity index (χ3n) is 2.90. The van der Waals surface area contributed by atoms with E-state index < -0.39 is 5.60 Å². The summed E-state index contributed by atoms with van der Waals surface area (Å²) in [7, 11) is 0. The molecule has 1 N–H and O–H groups in total. The summed E-state index contributed by atoms with van der Waals surface area (Å²) in [5.41, 5.74) is 0.567. The summed E-state index contributed by atoms with van der Waals surface area (Å²) in [6, 6.07) is 4.69. The van der Waals surface area contributed by atoms with Gasteiger partial charge in [-0.3, -0.25) is 0 Å². The lowest BCUT2D eigenvalue weighted by Gasteiger charge is -2.14. The second-order valence-electron chi connectivity index (χ2n) is 5.28. The maximum atomic E-state index is 13.3. The lowest BCUT2D eigenvalue weighted by Crippen LogP contribution is -2.12. The maximum Gasteiger partial charge on any atom is 0.152 e. The molecule has 108 valence electrons. The van der Waals surface area contributed by atoms with Gasteiger partial charge in [0.15, 0.2) is 5.75 Å². The first-order valence-corrected chi connectivity index (χ1v) is 7.76. The molecule has 0 amide bonds. The Balaban J connectivity index is 2.39. The van der Waals surface area contributed by atoms with Crippen LogP contribution in [-0.2, 0) is 5.60 Å². The lowest BCUT2D eigenvalue weighted by atomic mass is 10.1. The van der Waals surface area contributed by atoms with Gasteiger partial charge in [-0.2, -0.15) is 0 Å². The van der Waals surface area contributed by atoms with Gasteiger partial charge < -0.3 is 9.84 Å². The summed E-state index contributed by atoms with van der Waals surface area (Å²) in [6.45, 7) is 7.07. The van der Waals surface area contributed by atoms with Gasteiger partial charge in [0.2, 0.25) is 0 Å². The minimum absolute atomic E-state index is 0.270. The molecular weight excluding hydrogens is 343 g/mol. The predicted molar refractivity (Wildman–Crippen MR) is 83.2 cm³/mol. The molecule has 0 aliphatic carbocycles. The molecular formula is C15H16BrFO2S. The van der Waals surface area contributed by atoms with Crippen LogP contribution < -0.4 is 4.74 Å². The Hall–Kier alpha value is -0.910. The number of rotatable bonds is 3. The summed E-state index contributed by atoms with van der Waals surface area (Å²) >= 11 is 4.86. The van der Waals surface area contributed by atoms with Crippen molar-refractivity contribution in [3.05, 3.63) is 43.8 Å². The van der Waals surface area contributed by atoms with Gasteiger partial charge in [0.25, 0.3) is 0 Å². The van der Waals surface area contributed by atoms with Crippen LogP contribution in [0.3, 0.4) is 0 Å². The van der Waals surface area contributed by atoms with Gasteiger partial charge in [-0.15, -0.1) is 11.3 Å². The van der Waals surface area contributed by atoms with Crippen LogP contribution in [0.4, 0.5) is 4.39 Å². The first-order chi connectivity index (χ1) is 9.18. The highest BCUT2D eigenvalue weighted by molar-refractivity contribution is 9.11. The summed E-state index contributed by atoms with van der Waals surface area (Å²) in [4.78, 5) is 0.803. The van der Waals surface area contributed by atoms with Gasteiger partial charge >= 0.3 is 0 Å². The van der Waals surface area contributed by atoms with Crippen molar-refractivity contribution < 1.29 is 14.2 Å². The Morgan fingerprint density at radius 2 is 1.75 bits per heavy atom. The van der Waals surface area contributed by atoms with Crippen molar-refractivity contribution in [3.8, 4) is 11.5 Å². The first kappa shape index (κ1) is 15.5. The Morgan fingerprint density at radius 1 is 1.20 bits per heavy atom. The molecule has 0 aliphatic rings. The number of hydrogen-bond donors (Lipinski definition) is 1. The molecule has 0 atom stereocenters. The molecule has 1 heterocycles. The first-order valence-electron chi connectivity index (χ1n) is 6.15. The highest BCUT2D eigenvalue weighted by atomic mass is 79.9. The quantitative estimate of drug-likeness (QED) is 0.807. The maximum absolute atomic E-state index is 13.3. The second kappa shape index (κ2) is 5.47. The lowest BCUT2D eigenvalue weighted by molar-refractivity contribution is 0.0824. The van der Waals surface area contributed by atoms with Crippen LogP contribution >= 0.6 is 27.3 Å². The summed E-state index contributed by atoms with van der Waals surface area (Å²) in [6.07, 6.45) is 0. The SMILES string of the molecule is Cc1cc(F)cc(C)c1Oc1cc(C(C)(C)O)sc1Br. The van der Waals surface area contributed by atoms with Gasteiger partial charge in [0.05, 0.1) is 5.60 Å². The number of halogens is 2. The Bertz CT molecular complexity index is 621. The predicted octanol–water partition coefficient (Wildman–Crippen LogP) is 5.29. The molecule has 0 spiro atoms. The summed E-state index contributed by atoms with van der Waals surface area (Å²) in [5, 5.41) is 10.0. The third kappa shape index (κ3) is 3.22. The molecule has 0 saturated carbocycles. The van der Waals surface area contributed by atoms with Crippen LogP contribution in [0, 0.1) is 19.7 Å². The zero-order valence-corrected chi connectivity index (χ0v) is 14.2. The van der Waals surface area contributed by atoms with Gasteiger partial charge in [0.1, 0.15) is 15.4 Å². The van der Waals surface area contributed by atoms with E-state index >= 15 is 0 Å². The fraction of sp³-hybridized carbons (Fsp3) is 0.333. The Morgan fingerprint density at radius 3 is 2.20 bits per heavy atom. The molecule has 0 unspecified atom stereocenters. The van der Waals surface area contributed by atoms with Crippen LogP contribution in [0.2, 0.25) is 0 Å². The van der Waals surface area contributed by atoms with Crippen molar-refractivity contribution >= 4 is 27.3 Å². The Kier molecular flexibility index (Phi) is 4.23. The van der Waals surface area contributed by atoms with E-state index in [0.717, 1.165) is 19.8 Å². The van der Waals surface area contributed by atoms with E-state index in [1.807, 2.05) is 13.8 Å². The average molecular weight is 359 g/mol. The van der Waals surface area contributed by atoms with E-state index in [0.29, 0.717) is 11.5 Å². The van der Waals surface area contributed by atoms with Gasteiger partial charge in [0, 0.05) is 4.88 Å². The average Bonchev–Trinajstić information content (AvgIpc) is 2.65. The minimum atomic E-state index is -0.915. The summed E-state index contributed by atoms with van der Waals surface area (Å²) < 4.78 is 20.0. The van der Waals surface area contributed by atoms with Crippen LogP contribution in [0.25, 0.3) is 0 Å². The van der Waals surface area contributed by atoms with Crippen molar-refractivity contribution in [2.24, 2.45) is 0 Å². The van der Waals surface area contributed by atoms with Gasteiger partial charge in [-0.25, -0.2) is 4.39 Å². The fourth-order valence-electron chi connectivity index (χ4n) is 1.89. The van der Waals surface area contributed by atoms with Crippen LogP contribution in [0.15, 0.2) is 22.0 Å². The van der Waals surface area contributed by atoms with E-state index in [-0.39, 0.29) is 5.82 Å². The van der Waals surface area contributed by atoms with Crippen LogP contribution in [0.1, 0.15) is 29.9 Å². The van der Waals surface area contributed by atoms with Crippen molar-refractivity contribution in [2.45, 2.75) is 33.3 Å². The normalized spacial score (nSPS) is 11.8. The van der Waals surface area contributed by atoms with Gasteiger partial charge in [-0.05, 0) is 73.0 Å². The molecule has 1 aromatic carbocycles. The van der Waals surface area contributed by atoms with Crippen LogP contribution in [0.5, 0.6) is 11.5 Å². The van der Waals surface area contributed by atoms with E-state index in [1.54, 1.807) is 19.9 Å². The number of hydrogen-bond acceptors (Lipinski definition) is 3. The number of aryl methyl sites for hydroxylation is 2. The molecule has 0 aliphatic heterocycles.